The summed E-state index contributed by atoms with van der Waals surface area (Å²) in [4.78, 5) is 26.0. The Balaban J connectivity index is 1.51. The van der Waals surface area contributed by atoms with Crippen LogP contribution in [-0.2, 0) is 11.2 Å². The fourth-order valence-electron chi connectivity index (χ4n) is 4.08. The smallest absolute Gasteiger partial charge is 0.231 e. The Bertz CT molecular complexity index is 1400. The quantitative estimate of drug-likeness (QED) is 0.231. The summed E-state index contributed by atoms with van der Waals surface area (Å²) >= 11 is 31.3. The van der Waals surface area contributed by atoms with E-state index in [0.717, 1.165) is 0 Å². The van der Waals surface area contributed by atoms with Gasteiger partial charge in [-0.1, -0.05) is 40.9 Å². The molecule has 3 aromatic rings. The molecule has 36 heavy (non-hydrogen) atoms. The maximum absolute atomic E-state index is 13.0. The number of hydrogen-bond donors (Lipinski definition) is 1. The van der Waals surface area contributed by atoms with Crippen LogP contribution in [0.2, 0.25) is 15.1 Å². The number of nitriles is 1. The van der Waals surface area contributed by atoms with Crippen LogP contribution in [0, 0.1) is 17.2 Å². The van der Waals surface area contributed by atoms with Crippen molar-refractivity contribution in [2.45, 2.75) is 16.7 Å². The lowest BCUT2D eigenvalue weighted by atomic mass is 10.0. The van der Waals surface area contributed by atoms with Gasteiger partial charge in [0.15, 0.2) is 5.78 Å². The van der Waals surface area contributed by atoms with Gasteiger partial charge in [0.05, 0.1) is 23.6 Å². The predicted molar refractivity (Wildman–Crippen MR) is 143 cm³/mol. The fraction of sp³-hybridized carbons (Fsp3) is 0.192. The number of amides is 1. The van der Waals surface area contributed by atoms with Gasteiger partial charge in [-0.25, -0.2) is 0 Å². The number of methoxy groups -OCH3 is 1. The van der Waals surface area contributed by atoms with E-state index in [4.69, 9.17) is 68.0 Å². The number of Topliss-reactive ketones (excluding diaryl/α,β-unsaturated/α-hetero) is 1. The SMILES string of the molecule is COc1cc(CC(=O)c2cc(NC(=O)C3C(c4cc(Cl)cc(Cl)c4)C3(Cl)Cl)ccc2Cl)ccc1C#N. The van der Waals surface area contributed by atoms with Crippen molar-refractivity contribution in [3.8, 4) is 11.8 Å². The molecule has 0 heterocycles. The van der Waals surface area contributed by atoms with Gasteiger partial charge < -0.3 is 10.1 Å². The molecular weight excluding hydrogens is 566 g/mol. The van der Waals surface area contributed by atoms with Crippen molar-refractivity contribution in [2.24, 2.45) is 5.92 Å². The average molecular weight is 583 g/mol. The van der Waals surface area contributed by atoms with Crippen molar-refractivity contribution in [3.05, 3.63) is 91.9 Å². The van der Waals surface area contributed by atoms with Crippen LogP contribution in [0.3, 0.4) is 0 Å². The third-order valence-corrected chi connectivity index (χ3v) is 7.57. The molecule has 184 valence electrons. The molecule has 0 bridgehead atoms. The molecule has 0 aromatic heterocycles. The van der Waals surface area contributed by atoms with Gasteiger partial charge in [-0.2, -0.15) is 5.26 Å². The first kappa shape index (κ1) is 26.6. The largest absolute Gasteiger partial charge is 0.495 e. The highest BCUT2D eigenvalue weighted by atomic mass is 35.5. The maximum Gasteiger partial charge on any atom is 0.231 e. The second-order valence-electron chi connectivity index (χ2n) is 8.26. The molecule has 1 aliphatic carbocycles. The number of halogens is 5. The highest BCUT2D eigenvalue weighted by molar-refractivity contribution is 6.53. The number of nitrogens with zero attached hydrogens (tertiary/aromatic N) is 1. The molecule has 1 aliphatic rings. The van der Waals surface area contributed by atoms with Crippen LogP contribution in [0.15, 0.2) is 54.6 Å². The Morgan fingerprint density at radius 3 is 2.36 bits per heavy atom. The van der Waals surface area contributed by atoms with E-state index in [9.17, 15) is 9.59 Å². The predicted octanol–water partition coefficient (Wildman–Crippen LogP) is 7.48. The molecule has 0 spiro atoms. The number of benzene rings is 3. The molecule has 1 fully saturated rings. The third-order valence-electron chi connectivity index (χ3n) is 5.87. The molecule has 5 nitrogen and oxygen atoms in total. The molecular formula is C26H17Cl5N2O3. The van der Waals surface area contributed by atoms with E-state index < -0.39 is 22.1 Å². The number of ether oxygens (including phenoxy) is 1. The van der Waals surface area contributed by atoms with E-state index >= 15 is 0 Å². The van der Waals surface area contributed by atoms with Gasteiger partial charge in [0, 0.05) is 33.6 Å². The lowest BCUT2D eigenvalue weighted by molar-refractivity contribution is -0.117. The molecule has 1 amide bonds. The Kier molecular flexibility index (Phi) is 7.75. The summed E-state index contributed by atoms with van der Waals surface area (Å²) in [6.45, 7) is 0. The topological polar surface area (TPSA) is 79.2 Å². The lowest BCUT2D eigenvalue weighted by Gasteiger charge is -2.10. The van der Waals surface area contributed by atoms with E-state index in [2.05, 4.69) is 5.32 Å². The van der Waals surface area contributed by atoms with Gasteiger partial charge in [-0.3, -0.25) is 9.59 Å². The monoisotopic (exact) mass is 580 g/mol. The Morgan fingerprint density at radius 2 is 1.72 bits per heavy atom. The maximum atomic E-state index is 13.0. The Labute approximate surface area is 232 Å². The van der Waals surface area contributed by atoms with Crippen molar-refractivity contribution in [2.75, 3.05) is 12.4 Å². The second kappa shape index (κ2) is 10.5. The fourth-order valence-corrected chi connectivity index (χ4v) is 5.67. The van der Waals surface area contributed by atoms with Crippen LogP contribution in [0.1, 0.15) is 33.0 Å². The van der Waals surface area contributed by atoms with E-state index in [1.165, 1.54) is 19.2 Å². The summed E-state index contributed by atoms with van der Waals surface area (Å²) in [5.41, 5.74) is 2.27. The molecule has 1 saturated carbocycles. The molecule has 2 atom stereocenters. The third kappa shape index (κ3) is 5.44. The Morgan fingerprint density at radius 1 is 1.03 bits per heavy atom. The van der Waals surface area contributed by atoms with E-state index in [1.807, 2.05) is 6.07 Å². The summed E-state index contributed by atoms with van der Waals surface area (Å²) < 4.78 is 3.87. The van der Waals surface area contributed by atoms with Crippen molar-refractivity contribution < 1.29 is 14.3 Å². The summed E-state index contributed by atoms with van der Waals surface area (Å²) in [7, 11) is 1.45. The van der Waals surface area contributed by atoms with Gasteiger partial charge in [-0.15, -0.1) is 23.2 Å². The zero-order valence-corrected chi connectivity index (χ0v) is 22.4. The number of hydrogen-bond acceptors (Lipinski definition) is 4. The van der Waals surface area contributed by atoms with Crippen LogP contribution < -0.4 is 10.1 Å². The molecule has 1 N–H and O–H groups in total. The lowest BCUT2D eigenvalue weighted by Crippen LogP contribution is -2.17. The van der Waals surface area contributed by atoms with Gasteiger partial charge in [-0.05, 0) is 59.7 Å². The van der Waals surface area contributed by atoms with Gasteiger partial charge in [0.25, 0.3) is 0 Å². The molecule has 0 saturated heterocycles. The number of carbonyl (C=O) groups is 2. The van der Waals surface area contributed by atoms with Gasteiger partial charge >= 0.3 is 0 Å². The van der Waals surface area contributed by atoms with Crippen LogP contribution in [0.5, 0.6) is 5.75 Å². The van der Waals surface area contributed by atoms with E-state index in [1.54, 1.807) is 42.5 Å². The van der Waals surface area contributed by atoms with Gasteiger partial charge in [0.1, 0.15) is 16.2 Å². The number of alkyl halides is 2. The first-order valence-corrected chi connectivity index (χ1v) is 12.5. The van der Waals surface area contributed by atoms with Crippen LogP contribution in [0.4, 0.5) is 5.69 Å². The van der Waals surface area contributed by atoms with Gasteiger partial charge in [0.2, 0.25) is 5.91 Å². The molecule has 4 rings (SSSR count). The van der Waals surface area contributed by atoms with Crippen LogP contribution >= 0.6 is 58.0 Å². The minimum Gasteiger partial charge on any atom is -0.495 e. The summed E-state index contributed by atoms with van der Waals surface area (Å²) in [6.07, 6.45) is 0.0197. The highest BCUT2D eigenvalue weighted by Crippen LogP contribution is 2.65. The normalized spacial score (nSPS) is 17.7. The zero-order chi connectivity index (χ0) is 26.2. The second-order valence-corrected chi connectivity index (χ2v) is 11.0. The molecule has 3 aromatic carbocycles. The molecule has 0 radical (unpaired) electrons. The number of rotatable bonds is 7. The minimum absolute atomic E-state index is 0.0197. The van der Waals surface area contributed by atoms with Crippen LogP contribution in [0.25, 0.3) is 0 Å². The Hall–Kier alpha value is -2.46. The number of nitrogens with one attached hydrogen (secondary N) is 1. The average Bonchev–Trinajstić information content (AvgIpc) is 3.41. The van der Waals surface area contributed by atoms with Crippen molar-refractivity contribution >= 4 is 75.4 Å². The van der Waals surface area contributed by atoms with E-state index in [-0.39, 0.29) is 22.8 Å². The zero-order valence-electron chi connectivity index (χ0n) is 18.6. The van der Waals surface area contributed by atoms with Crippen molar-refractivity contribution in [1.82, 2.24) is 0 Å². The number of ketones is 1. The number of carbonyl (C=O) groups excluding carboxylic acids is 2. The first-order valence-electron chi connectivity index (χ1n) is 10.6. The number of anilines is 1. The van der Waals surface area contributed by atoms with Crippen LogP contribution in [-0.4, -0.2) is 23.1 Å². The highest BCUT2D eigenvalue weighted by Gasteiger charge is 2.67. The summed E-state index contributed by atoms with van der Waals surface area (Å²) in [6, 6.07) is 16.4. The summed E-state index contributed by atoms with van der Waals surface area (Å²) in [5.74, 6) is -1.57. The standard InChI is InChI=1S/C26H17Cl5N2O3/c1-36-22-7-13(2-3-14(22)12-32)6-21(34)19-11-18(4-5-20(19)29)33-25(35)24-23(26(24,30)31)15-8-16(27)10-17(28)9-15/h2-5,7-11,23-24H,6H2,1H3,(H,33,35). The molecule has 10 heteroatoms. The molecule has 0 aliphatic heterocycles. The van der Waals surface area contributed by atoms with Crippen molar-refractivity contribution in [3.63, 3.8) is 0 Å². The van der Waals surface area contributed by atoms with Crippen molar-refractivity contribution in [1.29, 1.82) is 5.26 Å². The van der Waals surface area contributed by atoms with E-state index in [0.29, 0.717) is 38.2 Å². The first-order chi connectivity index (χ1) is 17.0. The molecule has 2 unspecified atom stereocenters. The summed E-state index contributed by atoms with van der Waals surface area (Å²) in [5, 5.41) is 13.0. The minimum atomic E-state index is -1.34.